The highest BCUT2D eigenvalue weighted by Gasteiger charge is 2.28. The van der Waals surface area contributed by atoms with E-state index < -0.39 is 0 Å². The van der Waals surface area contributed by atoms with E-state index in [9.17, 15) is 4.79 Å². The highest BCUT2D eigenvalue weighted by molar-refractivity contribution is 6.03. The van der Waals surface area contributed by atoms with Gasteiger partial charge in [-0.2, -0.15) is 5.10 Å². The minimum atomic E-state index is 0.139. The molecule has 0 fully saturated rings. The van der Waals surface area contributed by atoms with Gasteiger partial charge in [-0.15, -0.1) is 0 Å². The number of hydrogen-bond donors (Lipinski definition) is 0. The molecule has 1 unspecified atom stereocenters. The van der Waals surface area contributed by atoms with Gasteiger partial charge in [0.15, 0.2) is 6.29 Å². The average Bonchev–Trinajstić information content (AvgIpc) is 3.46. The molecule has 1 aliphatic rings. The minimum absolute atomic E-state index is 0.139. The first-order valence-corrected chi connectivity index (χ1v) is 14.9. The molecule has 0 bridgehead atoms. The Morgan fingerprint density at radius 3 is 2.71 bits per heavy atom. The van der Waals surface area contributed by atoms with Crippen molar-refractivity contribution in [2.75, 3.05) is 13.2 Å². The largest absolute Gasteiger partial charge is 0.493 e. The molecule has 0 saturated carbocycles. The summed E-state index contributed by atoms with van der Waals surface area (Å²) in [7, 11) is 2.01. The summed E-state index contributed by atoms with van der Waals surface area (Å²) in [5.41, 5.74) is 8.75. The maximum Gasteiger partial charge on any atom is 0.166 e. The lowest BCUT2D eigenvalue weighted by Gasteiger charge is -2.15. The molecule has 1 atom stereocenters. The molecular weight excluding hydrogens is 510 g/mol. The average molecular weight is 550 g/mol. The number of ether oxygens (including phenoxy) is 2. The zero-order chi connectivity index (χ0) is 28.5. The molecule has 6 rings (SSSR count). The maximum absolute atomic E-state index is 12.8. The number of benzene rings is 3. The van der Waals surface area contributed by atoms with Crippen LogP contribution < -0.4 is 4.74 Å². The van der Waals surface area contributed by atoms with Gasteiger partial charge in [0.2, 0.25) is 0 Å². The number of fused-ring (bicyclic) bond motifs is 3. The van der Waals surface area contributed by atoms with Gasteiger partial charge < -0.3 is 14.0 Å². The van der Waals surface area contributed by atoms with E-state index in [0.29, 0.717) is 19.8 Å². The fraction of sp³-hybridized carbons (Fsp3) is 0.371. The lowest BCUT2D eigenvalue weighted by Crippen LogP contribution is -2.08. The van der Waals surface area contributed by atoms with Crippen LogP contribution in [0.4, 0.5) is 0 Å². The normalized spacial score (nSPS) is 14.5. The van der Waals surface area contributed by atoms with Crippen molar-refractivity contribution in [3.05, 3.63) is 82.8 Å². The van der Waals surface area contributed by atoms with Crippen LogP contribution >= 0.6 is 0 Å². The standard InChI is InChI=1S/C35H39N3O3/c1-5-28-34-30(37(4)36-28)22-40-19-9-8-18-38-29(21-39)32(27-16-15-23(2)33(34)35(27)38)24(3)17-20-41-31-14-10-12-25-11-6-7-13-26(25)31/h6-7,10-16,21,24H,5,8-9,17-20,22H2,1-4H3. The Bertz CT molecular complexity index is 1720. The lowest BCUT2D eigenvalue weighted by molar-refractivity contribution is 0.110. The van der Waals surface area contributed by atoms with Crippen LogP contribution in [0.15, 0.2) is 54.6 Å². The van der Waals surface area contributed by atoms with Crippen molar-refractivity contribution < 1.29 is 14.3 Å². The van der Waals surface area contributed by atoms with Crippen LogP contribution in [-0.4, -0.2) is 33.8 Å². The van der Waals surface area contributed by atoms with Gasteiger partial charge in [0.25, 0.3) is 0 Å². The smallest absolute Gasteiger partial charge is 0.166 e. The van der Waals surface area contributed by atoms with Crippen molar-refractivity contribution in [2.45, 2.75) is 65.5 Å². The third kappa shape index (κ3) is 4.84. The van der Waals surface area contributed by atoms with E-state index >= 15 is 0 Å². The molecule has 6 nitrogen and oxygen atoms in total. The molecule has 0 spiro atoms. The second-order valence-corrected chi connectivity index (χ2v) is 11.2. The van der Waals surface area contributed by atoms with Crippen molar-refractivity contribution in [2.24, 2.45) is 7.05 Å². The Balaban J connectivity index is 1.44. The predicted molar refractivity (Wildman–Crippen MR) is 165 cm³/mol. The molecule has 212 valence electrons. The topological polar surface area (TPSA) is 58.3 Å². The van der Waals surface area contributed by atoms with Crippen LogP contribution in [0.5, 0.6) is 5.75 Å². The van der Waals surface area contributed by atoms with Gasteiger partial charge in [0.05, 0.1) is 35.8 Å². The molecule has 1 aliphatic heterocycles. The molecular formula is C35H39N3O3. The van der Waals surface area contributed by atoms with E-state index in [4.69, 9.17) is 14.6 Å². The van der Waals surface area contributed by atoms with Crippen LogP contribution in [0.25, 0.3) is 32.8 Å². The number of carbonyl (C=O) groups is 1. The monoisotopic (exact) mass is 549 g/mol. The number of carbonyl (C=O) groups excluding carboxylic acids is 1. The fourth-order valence-electron chi connectivity index (χ4n) is 6.56. The molecule has 41 heavy (non-hydrogen) atoms. The van der Waals surface area contributed by atoms with Gasteiger partial charge in [0.1, 0.15) is 5.75 Å². The molecule has 0 aliphatic carbocycles. The summed E-state index contributed by atoms with van der Waals surface area (Å²) < 4.78 is 16.7. The summed E-state index contributed by atoms with van der Waals surface area (Å²) in [5, 5.41) is 8.35. The fourth-order valence-corrected chi connectivity index (χ4v) is 6.56. The van der Waals surface area contributed by atoms with Gasteiger partial charge in [-0.25, -0.2) is 0 Å². The first kappa shape index (κ1) is 27.3. The van der Waals surface area contributed by atoms with Crippen molar-refractivity contribution >= 4 is 28.0 Å². The van der Waals surface area contributed by atoms with E-state index in [1.165, 1.54) is 16.5 Å². The van der Waals surface area contributed by atoms with Crippen LogP contribution in [0.2, 0.25) is 0 Å². The third-order valence-corrected chi connectivity index (χ3v) is 8.66. The highest BCUT2D eigenvalue weighted by Crippen LogP contribution is 2.42. The SMILES string of the molecule is CCc1nn(C)c2c1-c1c(C)ccc3c(C(C)CCOc4cccc5ccccc45)c(C=O)n(c13)CCCCOC2. The Kier molecular flexibility index (Phi) is 7.67. The molecule has 0 saturated heterocycles. The molecule has 3 heterocycles. The number of nitrogens with zero attached hydrogens (tertiary/aromatic N) is 3. The molecule has 0 radical (unpaired) electrons. The molecule has 0 N–H and O–H groups in total. The van der Waals surface area contributed by atoms with Crippen molar-refractivity contribution in [3.8, 4) is 16.9 Å². The Hall–Kier alpha value is -3.90. The van der Waals surface area contributed by atoms with Crippen LogP contribution in [-0.2, 0) is 31.4 Å². The number of aldehydes is 1. The van der Waals surface area contributed by atoms with Gasteiger partial charge in [-0.1, -0.05) is 62.4 Å². The first-order valence-electron chi connectivity index (χ1n) is 14.9. The Morgan fingerprint density at radius 2 is 1.88 bits per heavy atom. The molecule has 0 amide bonds. The van der Waals surface area contributed by atoms with Gasteiger partial charge in [-0.05, 0) is 61.1 Å². The third-order valence-electron chi connectivity index (χ3n) is 8.66. The number of aryl methyl sites for hydroxylation is 4. The zero-order valence-electron chi connectivity index (χ0n) is 24.6. The van der Waals surface area contributed by atoms with E-state index in [0.717, 1.165) is 88.8 Å². The summed E-state index contributed by atoms with van der Waals surface area (Å²) in [5.74, 6) is 1.04. The van der Waals surface area contributed by atoms with Gasteiger partial charge in [-0.3, -0.25) is 9.48 Å². The molecule has 5 aromatic rings. The maximum atomic E-state index is 12.8. The highest BCUT2D eigenvalue weighted by atomic mass is 16.5. The number of rotatable bonds is 7. The van der Waals surface area contributed by atoms with Crippen LogP contribution in [0.3, 0.4) is 0 Å². The number of aromatic nitrogens is 3. The first-order chi connectivity index (χ1) is 20.0. The Labute approximate surface area is 241 Å². The number of hydrogen-bond acceptors (Lipinski definition) is 4. The summed E-state index contributed by atoms with van der Waals surface area (Å²) in [4.78, 5) is 12.8. The van der Waals surface area contributed by atoms with Crippen molar-refractivity contribution in [1.29, 1.82) is 0 Å². The van der Waals surface area contributed by atoms with E-state index in [1.54, 1.807) is 0 Å². The van der Waals surface area contributed by atoms with E-state index in [-0.39, 0.29) is 5.92 Å². The summed E-state index contributed by atoms with van der Waals surface area (Å²) >= 11 is 0. The molecule has 3 aromatic carbocycles. The van der Waals surface area contributed by atoms with E-state index in [1.807, 2.05) is 29.9 Å². The second kappa shape index (κ2) is 11.5. The summed E-state index contributed by atoms with van der Waals surface area (Å²) in [6.45, 7) is 9.13. The molecule has 2 aromatic heterocycles. The zero-order valence-corrected chi connectivity index (χ0v) is 24.6. The Morgan fingerprint density at radius 1 is 1.05 bits per heavy atom. The lowest BCUT2D eigenvalue weighted by atomic mass is 9.91. The minimum Gasteiger partial charge on any atom is -0.493 e. The van der Waals surface area contributed by atoms with Crippen molar-refractivity contribution in [1.82, 2.24) is 14.3 Å². The van der Waals surface area contributed by atoms with Crippen LogP contribution in [0, 0.1) is 6.92 Å². The summed E-state index contributed by atoms with van der Waals surface area (Å²) in [6, 6.07) is 18.9. The van der Waals surface area contributed by atoms with Crippen molar-refractivity contribution in [3.63, 3.8) is 0 Å². The summed E-state index contributed by atoms with van der Waals surface area (Å²) in [6.07, 6.45) is 4.59. The predicted octanol–water partition coefficient (Wildman–Crippen LogP) is 7.76. The second-order valence-electron chi connectivity index (χ2n) is 11.2. The molecule has 6 heteroatoms. The van der Waals surface area contributed by atoms with Gasteiger partial charge >= 0.3 is 0 Å². The van der Waals surface area contributed by atoms with Crippen LogP contribution in [0.1, 0.15) is 72.0 Å². The quantitative estimate of drug-likeness (QED) is 0.195. The van der Waals surface area contributed by atoms with E-state index in [2.05, 4.69) is 61.7 Å². The van der Waals surface area contributed by atoms with Gasteiger partial charge in [0, 0.05) is 42.1 Å².